The van der Waals surface area contributed by atoms with Crippen molar-refractivity contribution in [1.82, 2.24) is 9.80 Å². The number of nitrogens with zero attached hydrogens (tertiary/aromatic N) is 3. The first-order chi connectivity index (χ1) is 8.93. The van der Waals surface area contributed by atoms with Gasteiger partial charge in [-0.05, 0) is 43.0 Å². The number of halogens is 1. The molecule has 7 heteroatoms. The highest BCUT2D eigenvalue weighted by molar-refractivity contribution is 8.32. The van der Waals surface area contributed by atoms with Crippen LogP contribution >= 0.6 is 36.4 Å². The highest BCUT2D eigenvalue weighted by Crippen LogP contribution is 2.21. The van der Waals surface area contributed by atoms with Gasteiger partial charge in [0.05, 0.1) is 5.69 Å². The van der Waals surface area contributed by atoms with Crippen molar-refractivity contribution >= 4 is 51.6 Å². The molecule has 1 aromatic rings. The molecule has 0 aromatic heterocycles. The van der Waals surface area contributed by atoms with Gasteiger partial charge >= 0.3 is 0 Å². The molecule has 1 rings (SSSR count). The van der Waals surface area contributed by atoms with Gasteiger partial charge in [0.15, 0.2) is 5.17 Å². The topological polar surface area (TPSA) is 39.1 Å². The fourth-order valence-corrected chi connectivity index (χ4v) is 2.13. The van der Waals surface area contributed by atoms with Gasteiger partial charge in [-0.2, -0.15) is 0 Å². The lowest BCUT2D eigenvalue weighted by atomic mass is 10.3. The zero-order valence-electron chi connectivity index (χ0n) is 12.0. The Bertz CT molecular complexity index is 463. The monoisotopic (exact) mass is 333 g/mol. The number of phenolic OH excluding ortho intramolecular Hbond substituents is 1. The number of phenols is 1. The largest absolute Gasteiger partial charge is 0.508 e. The van der Waals surface area contributed by atoms with Gasteiger partial charge < -0.3 is 14.9 Å². The van der Waals surface area contributed by atoms with Gasteiger partial charge in [-0.15, -0.1) is 12.4 Å². The molecule has 0 aliphatic heterocycles. The minimum absolute atomic E-state index is 0. The second-order valence-electron chi connectivity index (χ2n) is 4.19. The van der Waals surface area contributed by atoms with Crippen molar-refractivity contribution in [2.75, 3.05) is 27.7 Å². The Kier molecular flexibility index (Phi) is 8.60. The van der Waals surface area contributed by atoms with Crippen molar-refractivity contribution in [2.45, 2.75) is 6.92 Å². The molecule has 0 saturated carbocycles. The van der Waals surface area contributed by atoms with Gasteiger partial charge in [0, 0.05) is 27.7 Å². The van der Waals surface area contributed by atoms with Crippen LogP contribution in [0.4, 0.5) is 5.69 Å². The SMILES string of the molecule is CCN(C)C(=Nc1ccc(O)cc1)SC(=S)N(C)C.Cl. The van der Waals surface area contributed by atoms with Crippen molar-refractivity contribution in [2.24, 2.45) is 4.99 Å². The zero-order chi connectivity index (χ0) is 14.4. The summed E-state index contributed by atoms with van der Waals surface area (Å²) >= 11 is 6.76. The average Bonchev–Trinajstić information content (AvgIpc) is 2.39. The lowest BCUT2D eigenvalue weighted by Gasteiger charge is -2.21. The van der Waals surface area contributed by atoms with Gasteiger partial charge in [0.2, 0.25) is 0 Å². The molecule has 0 fully saturated rings. The van der Waals surface area contributed by atoms with Crippen LogP contribution in [0.2, 0.25) is 0 Å². The molecular formula is C13H20ClN3OS2. The van der Waals surface area contributed by atoms with E-state index in [1.807, 2.05) is 30.9 Å². The highest BCUT2D eigenvalue weighted by Gasteiger charge is 2.11. The average molecular weight is 334 g/mol. The smallest absolute Gasteiger partial charge is 0.171 e. The maximum Gasteiger partial charge on any atom is 0.171 e. The lowest BCUT2D eigenvalue weighted by Crippen LogP contribution is -2.27. The van der Waals surface area contributed by atoms with E-state index in [-0.39, 0.29) is 18.2 Å². The van der Waals surface area contributed by atoms with Gasteiger partial charge in [-0.1, -0.05) is 12.2 Å². The van der Waals surface area contributed by atoms with Crippen LogP contribution in [-0.4, -0.2) is 52.1 Å². The third-order valence-corrected chi connectivity index (χ3v) is 4.16. The molecule has 20 heavy (non-hydrogen) atoms. The molecule has 0 radical (unpaired) electrons. The predicted molar refractivity (Wildman–Crippen MR) is 94.6 cm³/mol. The first-order valence-electron chi connectivity index (χ1n) is 5.92. The minimum Gasteiger partial charge on any atom is -0.508 e. The molecule has 0 saturated heterocycles. The summed E-state index contributed by atoms with van der Waals surface area (Å²) in [6.45, 7) is 2.91. The zero-order valence-corrected chi connectivity index (χ0v) is 14.5. The quantitative estimate of drug-likeness (QED) is 0.510. The summed E-state index contributed by atoms with van der Waals surface area (Å²) in [6, 6.07) is 6.80. The van der Waals surface area contributed by atoms with E-state index in [4.69, 9.17) is 12.2 Å². The molecule has 1 N–H and O–H groups in total. The molecule has 0 unspecified atom stereocenters. The highest BCUT2D eigenvalue weighted by atomic mass is 35.5. The molecule has 0 heterocycles. The number of aromatic hydroxyl groups is 1. The number of aliphatic imine (C=N–C) groups is 1. The number of hydrogen-bond acceptors (Lipinski definition) is 4. The molecule has 0 bridgehead atoms. The first-order valence-corrected chi connectivity index (χ1v) is 7.14. The van der Waals surface area contributed by atoms with Crippen LogP contribution in [0, 0.1) is 0 Å². The van der Waals surface area contributed by atoms with Crippen molar-refractivity contribution in [1.29, 1.82) is 0 Å². The second-order valence-corrected chi connectivity index (χ2v) is 5.79. The van der Waals surface area contributed by atoms with Gasteiger partial charge in [-0.25, -0.2) is 4.99 Å². The van der Waals surface area contributed by atoms with Crippen molar-refractivity contribution in [3.63, 3.8) is 0 Å². The van der Waals surface area contributed by atoms with Gasteiger partial charge in [0.25, 0.3) is 0 Å². The molecule has 0 aliphatic carbocycles. The van der Waals surface area contributed by atoms with Crippen LogP contribution in [0.3, 0.4) is 0 Å². The van der Waals surface area contributed by atoms with E-state index in [2.05, 4.69) is 11.9 Å². The molecule has 112 valence electrons. The number of thioether (sulfide) groups is 1. The first kappa shape index (κ1) is 19.0. The Balaban J connectivity index is 0.00000361. The van der Waals surface area contributed by atoms with Crippen LogP contribution in [0.1, 0.15) is 6.92 Å². The van der Waals surface area contributed by atoms with E-state index in [1.54, 1.807) is 24.3 Å². The maximum atomic E-state index is 9.27. The van der Waals surface area contributed by atoms with Crippen LogP contribution < -0.4 is 0 Å². The van der Waals surface area contributed by atoms with Crippen LogP contribution in [0.5, 0.6) is 5.75 Å². The number of amidine groups is 1. The van der Waals surface area contributed by atoms with Crippen molar-refractivity contribution in [3.05, 3.63) is 24.3 Å². The maximum absolute atomic E-state index is 9.27. The van der Waals surface area contributed by atoms with E-state index < -0.39 is 0 Å². The molecule has 1 aromatic carbocycles. The Morgan fingerprint density at radius 1 is 1.25 bits per heavy atom. The second kappa shape index (κ2) is 9.05. The number of rotatable bonds is 2. The van der Waals surface area contributed by atoms with E-state index in [1.165, 1.54) is 11.8 Å². The fraction of sp³-hybridized carbons (Fsp3) is 0.385. The Hall–Kier alpha value is -0.980. The molecule has 4 nitrogen and oxygen atoms in total. The van der Waals surface area contributed by atoms with Crippen LogP contribution in [-0.2, 0) is 0 Å². The molecule has 0 atom stereocenters. The number of thiocarbonyl (C=S) groups is 1. The van der Waals surface area contributed by atoms with Crippen LogP contribution in [0.25, 0.3) is 0 Å². The number of hydrogen-bond donors (Lipinski definition) is 1. The van der Waals surface area contributed by atoms with Crippen molar-refractivity contribution < 1.29 is 5.11 Å². The summed E-state index contributed by atoms with van der Waals surface area (Å²) in [5.41, 5.74) is 0.794. The van der Waals surface area contributed by atoms with E-state index in [0.29, 0.717) is 0 Å². The summed E-state index contributed by atoms with van der Waals surface area (Å²) in [5.74, 6) is 0.237. The third-order valence-electron chi connectivity index (χ3n) is 2.42. The molecular weight excluding hydrogens is 314 g/mol. The van der Waals surface area contributed by atoms with Crippen LogP contribution in [0.15, 0.2) is 29.3 Å². The third kappa shape index (κ3) is 5.98. The summed E-state index contributed by atoms with van der Waals surface area (Å²) in [7, 11) is 5.81. The predicted octanol–water partition coefficient (Wildman–Crippen LogP) is 3.33. The lowest BCUT2D eigenvalue weighted by molar-refractivity contribution is 0.475. The summed E-state index contributed by atoms with van der Waals surface area (Å²) in [6.07, 6.45) is 0. The fourth-order valence-electron chi connectivity index (χ4n) is 1.13. The number of benzene rings is 1. The summed E-state index contributed by atoms with van der Waals surface area (Å²) in [5, 5.41) is 10.1. The summed E-state index contributed by atoms with van der Waals surface area (Å²) < 4.78 is 0.762. The normalized spacial score (nSPS) is 10.7. The van der Waals surface area contributed by atoms with E-state index in [9.17, 15) is 5.11 Å². The van der Waals surface area contributed by atoms with Gasteiger partial charge in [0.1, 0.15) is 10.1 Å². The Labute approximate surface area is 136 Å². The standard InChI is InChI=1S/C13H19N3OS2.ClH/c1-5-16(4)12(19-13(18)15(2)3)14-10-6-8-11(17)9-7-10;/h6-9,17H,5H2,1-4H3;1H. The Morgan fingerprint density at radius 3 is 2.25 bits per heavy atom. The van der Waals surface area contributed by atoms with Gasteiger partial charge in [-0.3, -0.25) is 0 Å². The Morgan fingerprint density at radius 2 is 1.80 bits per heavy atom. The van der Waals surface area contributed by atoms with E-state index >= 15 is 0 Å². The molecule has 0 spiro atoms. The van der Waals surface area contributed by atoms with E-state index in [0.717, 1.165) is 21.7 Å². The van der Waals surface area contributed by atoms with Crippen molar-refractivity contribution in [3.8, 4) is 5.75 Å². The molecule has 0 amide bonds. The molecule has 0 aliphatic rings. The minimum atomic E-state index is 0. The summed E-state index contributed by atoms with van der Waals surface area (Å²) in [4.78, 5) is 8.49.